The zero-order valence-corrected chi connectivity index (χ0v) is 8.28. The standard InChI is InChI=1S/C10H9F2N3O/c11-7-3-6(4-8(12)5-7)10-14-9(1-2-13)15-16-10/h3-5H,1-2,13H2. The predicted octanol–water partition coefficient (Wildman–Crippen LogP) is 1.52. The van der Waals surface area contributed by atoms with Crippen molar-refractivity contribution in [3.8, 4) is 11.5 Å². The Morgan fingerprint density at radius 2 is 1.88 bits per heavy atom. The summed E-state index contributed by atoms with van der Waals surface area (Å²) in [7, 11) is 0. The van der Waals surface area contributed by atoms with Crippen LogP contribution in [0.25, 0.3) is 11.5 Å². The summed E-state index contributed by atoms with van der Waals surface area (Å²) >= 11 is 0. The molecule has 0 unspecified atom stereocenters. The molecule has 0 saturated heterocycles. The quantitative estimate of drug-likeness (QED) is 0.860. The minimum Gasteiger partial charge on any atom is -0.334 e. The molecule has 0 atom stereocenters. The van der Waals surface area contributed by atoms with Gasteiger partial charge in [-0.3, -0.25) is 0 Å². The predicted molar refractivity (Wildman–Crippen MR) is 52.4 cm³/mol. The van der Waals surface area contributed by atoms with E-state index in [0.717, 1.165) is 18.2 Å². The Bertz CT molecular complexity index is 478. The van der Waals surface area contributed by atoms with Gasteiger partial charge in [0.15, 0.2) is 5.82 Å². The number of benzene rings is 1. The molecular weight excluding hydrogens is 216 g/mol. The maximum atomic E-state index is 12.9. The normalized spacial score (nSPS) is 10.7. The van der Waals surface area contributed by atoms with Gasteiger partial charge in [0.1, 0.15) is 11.6 Å². The Kier molecular flexibility index (Phi) is 2.91. The second-order valence-corrected chi connectivity index (χ2v) is 3.21. The molecule has 0 amide bonds. The molecule has 1 heterocycles. The summed E-state index contributed by atoms with van der Waals surface area (Å²) in [6.45, 7) is 0.385. The van der Waals surface area contributed by atoms with Crippen LogP contribution in [0.15, 0.2) is 22.7 Å². The lowest BCUT2D eigenvalue weighted by Crippen LogP contribution is -2.03. The first-order valence-corrected chi connectivity index (χ1v) is 4.68. The fourth-order valence-corrected chi connectivity index (χ4v) is 1.28. The summed E-state index contributed by atoms with van der Waals surface area (Å²) in [6.07, 6.45) is 0.460. The Labute approximate surface area is 90.1 Å². The molecule has 0 saturated carbocycles. The van der Waals surface area contributed by atoms with Crippen LogP contribution in [-0.2, 0) is 6.42 Å². The van der Waals surface area contributed by atoms with Crippen LogP contribution < -0.4 is 5.73 Å². The highest BCUT2D eigenvalue weighted by Crippen LogP contribution is 2.19. The second kappa shape index (κ2) is 4.36. The molecule has 0 aliphatic carbocycles. The van der Waals surface area contributed by atoms with Gasteiger partial charge in [0, 0.05) is 18.1 Å². The van der Waals surface area contributed by atoms with Crippen LogP contribution in [0, 0.1) is 11.6 Å². The number of rotatable bonds is 3. The summed E-state index contributed by atoms with van der Waals surface area (Å²) in [5.41, 5.74) is 5.53. The molecule has 1 aromatic carbocycles. The molecule has 1 aromatic heterocycles. The van der Waals surface area contributed by atoms with E-state index in [0.29, 0.717) is 18.8 Å². The van der Waals surface area contributed by atoms with E-state index in [-0.39, 0.29) is 11.5 Å². The lowest BCUT2D eigenvalue weighted by Gasteiger charge is -1.95. The number of nitrogens with two attached hydrogens (primary N) is 1. The third-order valence-corrected chi connectivity index (χ3v) is 1.95. The topological polar surface area (TPSA) is 64.9 Å². The summed E-state index contributed by atoms with van der Waals surface area (Å²) in [5.74, 6) is -0.869. The van der Waals surface area contributed by atoms with Gasteiger partial charge in [0.25, 0.3) is 5.89 Å². The van der Waals surface area contributed by atoms with E-state index in [4.69, 9.17) is 10.3 Å². The lowest BCUT2D eigenvalue weighted by molar-refractivity contribution is 0.422. The highest BCUT2D eigenvalue weighted by atomic mass is 19.1. The van der Waals surface area contributed by atoms with Gasteiger partial charge < -0.3 is 10.3 Å². The van der Waals surface area contributed by atoms with Crippen molar-refractivity contribution in [3.05, 3.63) is 35.7 Å². The first-order chi connectivity index (χ1) is 7.69. The molecule has 16 heavy (non-hydrogen) atoms. The average Bonchev–Trinajstić information content (AvgIpc) is 2.65. The Hall–Kier alpha value is -1.82. The van der Waals surface area contributed by atoms with Crippen LogP contribution >= 0.6 is 0 Å². The molecular formula is C10H9F2N3O. The van der Waals surface area contributed by atoms with Crippen molar-refractivity contribution in [1.29, 1.82) is 0 Å². The van der Waals surface area contributed by atoms with Crippen LogP contribution in [0.2, 0.25) is 0 Å². The van der Waals surface area contributed by atoms with Gasteiger partial charge in [-0.25, -0.2) is 8.78 Å². The monoisotopic (exact) mass is 225 g/mol. The van der Waals surface area contributed by atoms with Gasteiger partial charge in [-0.1, -0.05) is 5.16 Å². The fraction of sp³-hybridized carbons (Fsp3) is 0.200. The Morgan fingerprint density at radius 3 is 2.50 bits per heavy atom. The summed E-state index contributed by atoms with van der Waals surface area (Å²) in [6, 6.07) is 3.03. The lowest BCUT2D eigenvalue weighted by atomic mass is 10.2. The van der Waals surface area contributed by atoms with E-state index in [1.165, 1.54) is 0 Å². The number of hydrogen-bond donors (Lipinski definition) is 1. The van der Waals surface area contributed by atoms with Crippen molar-refractivity contribution in [1.82, 2.24) is 10.1 Å². The van der Waals surface area contributed by atoms with Crippen LogP contribution in [0.4, 0.5) is 8.78 Å². The maximum Gasteiger partial charge on any atom is 0.258 e. The molecule has 0 spiro atoms. The zero-order chi connectivity index (χ0) is 11.5. The van der Waals surface area contributed by atoms with Gasteiger partial charge in [0.2, 0.25) is 0 Å². The molecule has 0 aliphatic heterocycles. The molecule has 2 aromatic rings. The largest absolute Gasteiger partial charge is 0.334 e. The van der Waals surface area contributed by atoms with Crippen molar-refractivity contribution >= 4 is 0 Å². The van der Waals surface area contributed by atoms with Crippen LogP contribution in [-0.4, -0.2) is 16.7 Å². The van der Waals surface area contributed by atoms with Crippen molar-refractivity contribution < 1.29 is 13.3 Å². The van der Waals surface area contributed by atoms with Gasteiger partial charge in [-0.15, -0.1) is 0 Å². The third-order valence-electron chi connectivity index (χ3n) is 1.95. The SMILES string of the molecule is NCCc1noc(-c2cc(F)cc(F)c2)n1. The highest BCUT2D eigenvalue weighted by molar-refractivity contribution is 5.52. The van der Waals surface area contributed by atoms with Crippen molar-refractivity contribution in [3.63, 3.8) is 0 Å². The average molecular weight is 225 g/mol. The first-order valence-electron chi connectivity index (χ1n) is 4.68. The summed E-state index contributed by atoms with van der Waals surface area (Å²) in [5, 5.41) is 3.63. The minimum atomic E-state index is -0.687. The maximum absolute atomic E-state index is 12.9. The smallest absolute Gasteiger partial charge is 0.258 e. The van der Waals surface area contributed by atoms with Crippen LogP contribution in [0.1, 0.15) is 5.82 Å². The highest BCUT2D eigenvalue weighted by Gasteiger charge is 2.10. The fourth-order valence-electron chi connectivity index (χ4n) is 1.28. The summed E-state index contributed by atoms with van der Waals surface area (Å²) < 4.78 is 30.7. The number of nitrogens with zero attached hydrogens (tertiary/aromatic N) is 2. The molecule has 2 N–H and O–H groups in total. The molecule has 4 nitrogen and oxygen atoms in total. The van der Waals surface area contributed by atoms with Crippen molar-refractivity contribution in [2.75, 3.05) is 6.54 Å². The van der Waals surface area contributed by atoms with E-state index >= 15 is 0 Å². The summed E-state index contributed by atoms with van der Waals surface area (Å²) in [4.78, 5) is 3.96. The Balaban J connectivity index is 2.34. The zero-order valence-electron chi connectivity index (χ0n) is 8.28. The van der Waals surface area contributed by atoms with E-state index in [2.05, 4.69) is 10.1 Å². The number of hydrogen-bond acceptors (Lipinski definition) is 4. The van der Waals surface area contributed by atoms with Crippen molar-refractivity contribution in [2.45, 2.75) is 6.42 Å². The molecule has 6 heteroatoms. The molecule has 0 radical (unpaired) electrons. The van der Waals surface area contributed by atoms with Gasteiger partial charge in [-0.2, -0.15) is 4.98 Å². The Morgan fingerprint density at radius 1 is 1.19 bits per heavy atom. The van der Waals surface area contributed by atoms with Gasteiger partial charge >= 0.3 is 0 Å². The number of halogens is 2. The van der Waals surface area contributed by atoms with Crippen LogP contribution in [0.3, 0.4) is 0 Å². The number of aromatic nitrogens is 2. The van der Waals surface area contributed by atoms with Crippen LogP contribution in [0.5, 0.6) is 0 Å². The molecule has 0 fully saturated rings. The van der Waals surface area contributed by atoms with E-state index in [9.17, 15) is 8.78 Å². The molecule has 2 rings (SSSR count). The molecule has 0 aliphatic rings. The van der Waals surface area contributed by atoms with E-state index in [1.54, 1.807) is 0 Å². The minimum absolute atomic E-state index is 0.0850. The van der Waals surface area contributed by atoms with E-state index < -0.39 is 11.6 Å². The van der Waals surface area contributed by atoms with E-state index in [1.807, 2.05) is 0 Å². The van der Waals surface area contributed by atoms with Gasteiger partial charge in [0.05, 0.1) is 0 Å². The van der Waals surface area contributed by atoms with Crippen molar-refractivity contribution in [2.24, 2.45) is 5.73 Å². The first kappa shape index (κ1) is 10.7. The molecule has 84 valence electrons. The molecule has 0 bridgehead atoms. The second-order valence-electron chi connectivity index (χ2n) is 3.21. The third kappa shape index (κ3) is 2.22. The van der Waals surface area contributed by atoms with Gasteiger partial charge in [-0.05, 0) is 18.7 Å².